The number of nitrogens with zero attached hydrogens (tertiary/aromatic N) is 4. The molecular formula is C17H17N5O5S. The predicted octanol–water partition coefficient (Wildman–Crippen LogP) is 0.936. The van der Waals surface area contributed by atoms with Gasteiger partial charge >= 0.3 is 5.97 Å². The molecule has 2 heterocycles. The van der Waals surface area contributed by atoms with Gasteiger partial charge in [-0.25, -0.2) is 22.6 Å². The largest absolute Gasteiger partial charge is 0.495 e. The third-order valence-electron chi connectivity index (χ3n) is 3.79. The summed E-state index contributed by atoms with van der Waals surface area (Å²) in [6.07, 6.45) is 4.82. The number of hydrogen-bond acceptors (Lipinski definition) is 8. The summed E-state index contributed by atoms with van der Waals surface area (Å²) in [5, 5.41) is 7.91. The lowest BCUT2D eigenvalue weighted by Gasteiger charge is -2.11. The summed E-state index contributed by atoms with van der Waals surface area (Å²) in [5.74, 6) is -0.556. The van der Waals surface area contributed by atoms with E-state index in [0.717, 1.165) is 5.69 Å². The molecule has 2 aromatic heterocycles. The monoisotopic (exact) mass is 403 g/mol. The van der Waals surface area contributed by atoms with E-state index in [4.69, 9.17) is 4.74 Å². The average Bonchev–Trinajstić information content (AvgIpc) is 3.21. The van der Waals surface area contributed by atoms with Gasteiger partial charge in [-0.15, -0.1) is 5.10 Å². The highest BCUT2D eigenvalue weighted by atomic mass is 32.2. The van der Waals surface area contributed by atoms with Crippen molar-refractivity contribution in [1.82, 2.24) is 24.7 Å². The molecule has 0 saturated carbocycles. The lowest BCUT2D eigenvalue weighted by Crippen LogP contribution is -2.24. The Morgan fingerprint density at radius 3 is 2.61 bits per heavy atom. The van der Waals surface area contributed by atoms with Crippen LogP contribution in [0, 0.1) is 0 Å². The molecule has 0 unspecified atom stereocenters. The van der Waals surface area contributed by atoms with E-state index in [1.165, 1.54) is 37.1 Å². The second-order valence-corrected chi connectivity index (χ2v) is 7.28. The summed E-state index contributed by atoms with van der Waals surface area (Å²) >= 11 is 0. The first kappa shape index (κ1) is 19.5. The van der Waals surface area contributed by atoms with Crippen LogP contribution in [0.15, 0.2) is 53.8 Å². The highest BCUT2D eigenvalue weighted by Crippen LogP contribution is 2.25. The van der Waals surface area contributed by atoms with Crippen LogP contribution >= 0.6 is 0 Å². The van der Waals surface area contributed by atoms with Gasteiger partial charge in [-0.2, -0.15) is 0 Å². The highest BCUT2D eigenvalue weighted by Gasteiger charge is 2.22. The van der Waals surface area contributed by atoms with Gasteiger partial charge in [-0.05, 0) is 30.3 Å². The van der Waals surface area contributed by atoms with Crippen molar-refractivity contribution in [1.29, 1.82) is 0 Å². The molecule has 146 valence electrons. The van der Waals surface area contributed by atoms with Gasteiger partial charge in [0.05, 0.1) is 43.9 Å². The Morgan fingerprint density at radius 1 is 1.18 bits per heavy atom. The number of rotatable bonds is 7. The maximum atomic E-state index is 12.7. The number of esters is 1. The molecular weight excluding hydrogens is 386 g/mol. The molecule has 0 amide bonds. The number of carbonyl (C=O) groups is 1. The Morgan fingerprint density at radius 2 is 1.93 bits per heavy atom. The third kappa shape index (κ3) is 4.15. The zero-order chi connectivity index (χ0) is 20.1. The summed E-state index contributed by atoms with van der Waals surface area (Å²) in [6.45, 7) is -0.0982. The molecule has 0 atom stereocenters. The van der Waals surface area contributed by atoms with Crippen molar-refractivity contribution in [2.75, 3.05) is 14.2 Å². The first-order chi connectivity index (χ1) is 13.4. The summed E-state index contributed by atoms with van der Waals surface area (Å²) in [6, 6.07) is 7.49. The number of sulfonamides is 1. The van der Waals surface area contributed by atoms with E-state index in [9.17, 15) is 13.2 Å². The van der Waals surface area contributed by atoms with Crippen LogP contribution in [0.1, 0.15) is 16.1 Å². The molecule has 10 nitrogen and oxygen atoms in total. The number of methoxy groups -OCH3 is 2. The Hall–Kier alpha value is -3.31. The molecule has 0 saturated heterocycles. The summed E-state index contributed by atoms with van der Waals surface area (Å²) in [5.41, 5.74) is 1.24. The Labute approximate surface area is 161 Å². The minimum Gasteiger partial charge on any atom is -0.495 e. The highest BCUT2D eigenvalue weighted by molar-refractivity contribution is 7.89. The summed E-state index contributed by atoms with van der Waals surface area (Å²) in [4.78, 5) is 15.4. The molecule has 0 fully saturated rings. The standard InChI is InChI=1S/C17H17N5O5S/c1-26-15-4-3-12(17(23)27-2)9-16(15)28(24,25)19-10-13-11-22(21-20-13)14-5-7-18-8-6-14/h3-9,11,19H,10H2,1-2H3. The summed E-state index contributed by atoms with van der Waals surface area (Å²) < 4.78 is 39.1. The Kier molecular flexibility index (Phi) is 5.66. The van der Waals surface area contributed by atoms with E-state index >= 15 is 0 Å². The van der Waals surface area contributed by atoms with Crippen molar-refractivity contribution in [3.05, 3.63) is 60.2 Å². The van der Waals surface area contributed by atoms with Crippen LogP contribution in [0.2, 0.25) is 0 Å². The van der Waals surface area contributed by atoms with Gasteiger partial charge < -0.3 is 9.47 Å². The van der Waals surface area contributed by atoms with Crippen molar-refractivity contribution in [3.63, 3.8) is 0 Å². The van der Waals surface area contributed by atoms with Crippen molar-refractivity contribution in [3.8, 4) is 11.4 Å². The van der Waals surface area contributed by atoms with Crippen molar-refractivity contribution in [2.24, 2.45) is 0 Å². The second-order valence-electron chi connectivity index (χ2n) is 5.54. The predicted molar refractivity (Wildman–Crippen MR) is 97.5 cm³/mol. The number of pyridine rings is 1. The van der Waals surface area contributed by atoms with E-state index in [-0.39, 0.29) is 22.8 Å². The van der Waals surface area contributed by atoms with Crippen LogP contribution in [-0.2, 0) is 21.3 Å². The van der Waals surface area contributed by atoms with E-state index in [1.54, 1.807) is 30.7 Å². The van der Waals surface area contributed by atoms with Crippen molar-refractivity contribution >= 4 is 16.0 Å². The molecule has 0 radical (unpaired) electrons. The maximum absolute atomic E-state index is 12.7. The fraction of sp³-hybridized carbons (Fsp3) is 0.176. The SMILES string of the molecule is COC(=O)c1ccc(OC)c(S(=O)(=O)NCc2cn(-c3ccncc3)nn2)c1. The third-order valence-corrected chi connectivity index (χ3v) is 5.21. The van der Waals surface area contributed by atoms with Gasteiger partial charge in [0.25, 0.3) is 0 Å². The smallest absolute Gasteiger partial charge is 0.337 e. The van der Waals surface area contributed by atoms with Gasteiger partial charge in [-0.1, -0.05) is 5.21 Å². The molecule has 0 aliphatic heterocycles. The van der Waals surface area contributed by atoms with Gasteiger partial charge in [0.15, 0.2) is 0 Å². The van der Waals surface area contributed by atoms with Crippen LogP contribution in [0.25, 0.3) is 5.69 Å². The molecule has 0 aliphatic carbocycles. The minimum atomic E-state index is -3.99. The fourth-order valence-electron chi connectivity index (χ4n) is 2.38. The number of hydrogen-bond donors (Lipinski definition) is 1. The average molecular weight is 403 g/mol. The molecule has 3 rings (SSSR count). The molecule has 1 aromatic carbocycles. The maximum Gasteiger partial charge on any atom is 0.337 e. The van der Waals surface area contributed by atoms with E-state index in [1.807, 2.05) is 0 Å². The number of aromatic nitrogens is 4. The topological polar surface area (TPSA) is 125 Å². The zero-order valence-corrected chi connectivity index (χ0v) is 15.9. The number of nitrogens with one attached hydrogen (secondary N) is 1. The van der Waals surface area contributed by atoms with Gasteiger partial charge in [0, 0.05) is 12.4 Å². The van der Waals surface area contributed by atoms with E-state index in [0.29, 0.717) is 5.69 Å². The van der Waals surface area contributed by atoms with Crippen LogP contribution in [0.3, 0.4) is 0 Å². The molecule has 0 spiro atoms. The number of carbonyl (C=O) groups excluding carboxylic acids is 1. The van der Waals surface area contributed by atoms with Crippen LogP contribution in [0.4, 0.5) is 0 Å². The van der Waals surface area contributed by atoms with Crippen LogP contribution < -0.4 is 9.46 Å². The normalized spacial score (nSPS) is 11.2. The zero-order valence-electron chi connectivity index (χ0n) is 15.1. The molecule has 3 aromatic rings. The quantitative estimate of drug-likeness (QED) is 0.578. The van der Waals surface area contributed by atoms with Crippen LogP contribution in [-0.4, -0.2) is 48.6 Å². The first-order valence-corrected chi connectivity index (χ1v) is 9.50. The van der Waals surface area contributed by atoms with Crippen molar-refractivity contribution in [2.45, 2.75) is 11.4 Å². The lowest BCUT2D eigenvalue weighted by atomic mass is 10.2. The van der Waals surface area contributed by atoms with Gasteiger partial charge in [-0.3, -0.25) is 4.98 Å². The minimum absolute atomic E-state index is 0.0901. The molecule has 0 aliphatic rings. The van der Waals surface area contributed by atoms with Crippen LogP contribution in [0.5, 0.6) is 5.75 Å². The molecule has 11 heteroatoms. The Balaban J connectivity index is 1.81. The summed E-state index contributed by atoms with van der Waals surface area (Å²) in [7, 11) is -1.44. The second kappa shape index (κ2) is 8.15. The molecule has 0 bridgehead atoms. The first-order valence-electron chi connectivity index (χ1n) is 8.02. The molecule has 28 heavy (non-hydrogen) atoms. The van der Waals surface area contributed by atoms with E-state index in [2.05, 4.69) is 24.8 Å². The Bertz CT molecular complexity index is 1080. The van der Waals surface area contributed by atoms with Gasteiger partial charge in [0.1, 0.15) is 10.6 Å². The molecule has 1 N–H and O–H groups in total. The van der Waals surface area contributed by atoms with Gasteiger partial charge in [0.2, 0.25) is 10.0 Å². The fourth-order valence-corrected chi connectivity index (χ4v) is 3.57. The van der Waals surface area contributed by atoms with Crippen molar-refractivity contribution < 1.29 is 22.7 Å². The van der Waals surface area contributed by atoms with E-state index < -0.39 is 16.0 Å². The lowest BCUT2D eigenvalue weighted by molar-refractivity contribution is 0.0600. The number of ether oxygens (including phenoxy) is 2. The number of benzene rings is 1.